The van der Waals surface area contributed by atoms with Gasteiger partial charge in [-0.2, -0.15) is 0 Å². The van der Waals surface area contributed by atoms with Crippen LogP contribution < -0.4 is 9.47 Å². The minimum atomic E-state index is 0. The largest absolute Gasteiger partial charge is 0.493 e. The molecule has 4 rings (SSSR count). The fraction of sp³-hybridized carbons (Fsp3) is 0.318. The second-order valence-corrected chi connectivity index (χ2v) is 7.03. The molecule has 0 fully saturated rings. The molecule has 1 aliphatic rings. The van der Waals surface area contributed by atoms with Crippen molar-refractivity contribution in [2.45, 2.75) is 19.9 Å². The maximum Gasteiger partial charge on any atom is 0.179 e. The van der Waals surface area contributed by atoms with Crippen LogP contribution in [0.3, 0.4) is 0 Å². The number of H-pyrrole nitrogens is 1. The highest BCUT2D eigenvalue weighted by Gasteiger charge is 2.23. The Morgan fingerprint density at radius 2 is 1.79 bits per heavy atom. The Hall–Kier alpha value is -2.50. The van der Waals surface area contributed by atoms with Crippen molar-refractivity contribution in [2.75, 3.05) is 27.3 Å². The molecule has 6 heteroatoms. The van der Waals surface area contributed by atoms with Gasteiger partial charge < -0.3 is 14.5 Å². The van der Waals surface area contributed by atoms with E-state index in [1.165, 1.54) is 11.1 Å². The number of halogens is 1. The van der Waals surface area contributed by atoms with Gasteiger partial charge in [0.05, 0.1) is 20.8 Å². The van der Waals surface area contributed by atoms with Crippen molar-refractivity contribution in [2.24, 2.45) is 0 Å². The summed E-state index contributed by atoms with van der Waals surface area (Å²) in [5.41, 5.74) is 5.22. The van der Waals surface area contributed by atoms with Crippen molar-refractivity contribution < 1.29 is 14.3 Å². The van der Waals surface area contributed by atoms with E-state index in [1.807, 2.05) is 37.3 Å². The Bertz CT molecular complexity index is 1010. The Balaban J connectivity index is 0.00000225. The fourth-order valence-electron chi connectivity index (χ4n) is 3.99. The molecule has 28 heavy (non-hydrogen) atoms. The third kappa shape index (κ3) is 3.60. The second-order valence-electron chi connectivity index (χ2n) is 7.03. The van der Waals surface area contributed by atoms with E-state index in [4.69, 9.17) is 9.47 Å². The number of hydrogen-bond acceptors (Lipinski definition) is 4. The number of aromatic amines is 1. The van der Waals surface area contributed by atoms with Crippen LogP contribution in [0.15, 0.2) is 36.4 Å². The van der Waals surface area contributed by atoms with E-state index in [0.29, 0.717) is 6.54 Å². The van der Waals surface area contributed by atoms with Gasteiger partial charge in [-0.15, -0.1) is 12.4 Å². The van der Waals surface area contributed by atoms with Gasteiger partial charge in [0.1, 0.15) is 0 Å². The maximum atomic E-state index is 13.0. The summed E-state index contributed by atoms with van der Waals surface area (Å²) in [6, 6.07) is 12.1. The van der Waals surface area contributed by atoms with Gasteiger partial charge in [0.2, 0.25) is 0 Å². The molecular formula is C22H25ClN2O3. The van der Waals surface area contributed by atoms with E-state index >= 15 is 0 Å². The van der Waals surface area contributed by atoms with Gasteiger partial charge in [-0.25, -0.2) is 0 Å². The second kappa shape index (κ2) is 8.25. The summed E-state index contributed by atoms with van der Waals surface area (Å²) in [5, 5.41) is 1.00. The number of carbonyl (C=O) groups is 1. The first-order chi connectivity index (χ1) is 13.1. The average molecular weight is 401 g/mol. The topological polar surface area (TPSA) is 54.6 Å². The number of para-hydroxylation sites is 1. The van der Waals surface area contributed by atoms with E-state index in [2.05, 4.69) is 16.0 Å². The van der Waals surface area contributed by atoms with Crippen molar-refractivity contribution in [1.82, 2.24) is 9.88 Å². The number of ketones is 1. The van der Waals surface area contributed by atoms with Crippen molar-refractivity contribution in [3.63, 3.8) is 0 Å². The number of hydrogen-bond donors (Lipinski definition) is 1. The molecule has 0 amide bonds. The molecule has 0 spiro atoms. The number of benzene rings is 2. The maximum absolute atomic E-state index is 13.0. The number of carbonyl (C=O) groups excluding carboxylic acids is 1. The van der Waals surface area contributed by atoms with Crippen LogP contribution in [0, 0.1) is 6.92 Å². The van der Waals surface area contributed by atoms with E-state index in [-0.39, 0.29) is 18.2 Å². The lowest BCUT2D eigenvalue weighted by Crippen LogP contribution is -2.35. The Labute approximate surface area is 171 Å². The molecule has 148 valence electrons. The van der Waals surface area contributed by atoms with Crippen molar-refractivity contribution in [3.05, 3.63) is 58.8 Å². The average Bonchev–Trinajstić information content (AvgIpc) is 3.02. The Morgan fingerprint density at radius 3 is 2.50 bits per heavy atom. The molecule has 0 saturated carbocycles. The highest BCUT2D eigenvalue weighted by Crippen LogP contribution is 2.33. The SMILES string of the molecule is COc1cc2c(cc1OC)CN(CC(=O)c1c(C)[nH]c3ccccc13)CC2.Cl. The van der Waals surface area contributed by atoms with Crippen LogP contribution in [0.2, 0.25) is 0 Å². The fourth-order valence-corrected chi connectivity index (χ4v) is 3.99. The number of nitrogens with zero attached hydrogens (tertiary/aromatic N) is 1. The molecule has 3 aromatic rings. The number of aryl methyl sites for hydroxylation is 1. The van der Waals surface area contributed by atoms with Crippen LogP contribution in [-0.2, 0) is 13.0 Å². The van der Waals surface area contributed by atoms with Crippen LogP contribution in [0.1, 0.15) is 27.2 Å². The molecule has 0 bridgehead atoms. The standard InChI is InChI=1S/C22H24N2O3.ClH/c1-14-22(17-6-4-5-7-18(17)23-14)19(25)13-24-9-8-15-10-20(26-2)21(27-3)11-16(15)12-24;/h4-7,10-11,23H,8-9,12-13H2,1-3H3;1H. The minimum Gasteiger partial charge on any atom is -0.493 e. The zero-order valence-electron chi connectivity index (χ0n) is 16.4. The molecule has 0 aliphatic carbocycles. The first-order valence-electron chi connectivity index (χ1n) is 9.17. The summed E-state index contributed by atoms with van der Waals surface area (Å²) in [5.74, 6) is 1.65. The molecule has 2 heterocycles. The predicted octanol–water partition coefficient (Wildman–Crippen LogP) is 4.16. The lowest BCUT2D eigenvalue weighted by molar-refractivity contribution is 0.0922. The highest BCUT2D eigenvalue weighted by atomic mass is 35.5. The summed E-state index contributed by atoms with van der Waals surface area (Å²) in [6.07, 6.45) is 0.899. The number of aromatic nitrogens is 1. The van der Waals surface area contributed by atoms with Crippen LogP contribution in [0.4, 0.5) is 0 Å². The molecule has 1 N–H and O–H groups in total. The molecule has 0 unspecified atom stereocenters. The normalized spacial score (nSPS) is 13.7. The molecule has 5 nitrogen and oxygen atoms in total. The number of rotatable bonds is 5. The lowest BCUT2D eigenvalue weighted by atomic mass is 9.98. The van der Waals surface area contributed by atoms with Crippen LogP contribution >= 0.6 is 12.4 Å². The summed E-state index contributed by atoms with van der Waals surface area (Å²) in [7, 11) is 3.30. The Morgan fingerprint density at radius 1 is 1.11 bits per heavy atom. The first-order valence-corrected chi connectivity index (χ1v) is 9.17. The molecule has 1 aliphatic heterocycles. The molecular weight excluding hydrogens is 376 g/mol. The van der Waals surface area contributed by atoms with E-state index < -0.39 is 0 Å². The summed E-state index contributed by atoms with van der Waals surface area (Å²) in [4.78, 5) is 18.6. The van der Waals surface area contributed by atoms with Gasteiger partial charge in [-0.3, -0.25) is 9.69 Å². The number of Topliss-reactive ketones (excluding diaryl/α,β-unsaturated/α-hetero) is 1. The van der Waals surface area contributed by atoms with Crippen LogP contribution in [0.25, 0.3) is 10.9 Å². The molecule has 0 saturated heterocycles. The molecule has 2 aromatic carbocycles. The van der Waals surface area contributed by atoms with Gasteiger partial charge in [-0.1, -0.05) is 18.2 Å². The minimum absolute atomic E-state index is 0. The monoisotopic (exact) mass is 400 g/mol. The van der Waals surface area contributed by atoms with Gasteiger partial charge in [0, 0.05) is 35.2 Å². The molecule has 1 aromatic heterocycles. The van der Waals surface area contributed by atoms with Gasteiger partial charge in [-0.05, 0) is 42.7 Å². The summed E-state index contributed by atoms with van der Waals surface area (Å²) < 4.78 is 10.8. The van der Waals surface area contributed by atoms with Gasteiger partial charge >= 0.3 is 0 Å². The molecule has 0 radical (unpaired) electrons. The van der Waals surface area contributed by atoms with E-state index in [1.54, 1.807) is 14.2 Å². The third-order valence-electron chi connectivity index (χ3n) is 5.34. The van der Waals surface area contributed by atoms with Crippen molar-refractivity contribution in [3.8, 4) is 11.5 Å². The number of nitrogens with one attached hydrogen (secondary N) is 1. The van der Waals surface area contributed by atoms with E-state index in [9.17, 15) is 4.79 Å². The van der Waals surface area contributed by atoms with Gasteiger partial charge in [0.15, 0.2) is 17.3 Å². The highest BCUT2D eigenvalue weighted by molar-refractivity contribution is 6.10. The number of ether oxygens (including phenoxy) is 2. The summed E-state index contributed by atoms with van der Waals surface area (Å²) >= 11 is 0. The first kappa shape index (κ1) is 20.2. The number of methoxy groups -OCH3 is 2. The number of fused-ring (bicyclic) bond motifs is 2. The van der Waals surface area contributed by atoms with Gasteiger partial charge in [0.25, 0.3) is 0 Å². The summed E-state index contributed by atoms with van der Waals surface area (Å²) in [6.45, 7) is 3.98. The quantitative estimate of drug-likeness (QED) is 0.653. The lowest BCUT2D eigenvalue weighted by Gasteiger charge is -2.29. The molecule has 0 atom stereocenters. The zero-order chi connectivity index (χ0) is 19.0. The third-order valence-corrected chi connectivity index (χ3v) is 5.34. The van der Waals surface area contributed by atoms with Crippen LogP contribution in [0.5, 0.6) is 11.5 Å². The Kier molecular flexibility index (Phi) is 5.96. The zero-order valence-corrected chi connectivity index (χ0v) is 17.2. The van der Waals surface area contributed by atoms with Crippen LogP contribution in [-0.4, -0.2) is 43.0 Å². The smallest absolute Gasteiger partial charge is 0.179 e. The predicted molar refractivity (Wildman–Crippen MR) is 113 cm³/mol. The van der Waals surface area contributed by atoms with Crippen molar-refractivity contribution >= 4 is 29.1 Å². The van der Waals surface area contributed by atoms with Crippen molar-refractivity contribution in [1.29, 1.82) is 0 Å². The van der Waals surface area contributed by atoms with E-state index in [0.717, 1.165) is 53.2 Å².